The SMILES string of the molecule is CCCCCCCCCOC(=O)CCCCCCCN(CCCCCCCC(=O)O)C1CCCCC1O. The van der Waals surface area contributed by atoms with E-state index in [-0.39, 0.29) is 18.5 Å². The van der Waals surface area contributed by atoms with E-state index in [2.05, 4.69) is 11.8 Å². The topological polar surface area (TPSA) is 87.1 Å². The molecular formula is C31H59NO5. The standard InChI is InChI=1S/C31H59NO5/c1-2-3-4-5-6-13-20-27-37-31(36)24-15-10-8-12-19-26-32(28-21-16-17-22-29(28)33)25-18-11-7-9-14-23-30(34)35/h28-29,33H,2-27H2,1H3,(H,34,35). The Morgan fingerprint density at radius 3 is 1.81 bits per heavy atom. The average Bonchev–Trinajstić information content (AvgIpc) is 2.88. The van der Waals surface area contributed by atoms with E-state index in [1.807, 2.05) is 0 Å². The molecule has 0 heterocycles. The number of aliphatic carboxylic acids is 1. The highest BCUT2D eigenvalue weighted by molar-refractivity contribution is 5.69. The summed E-state index contributed by atoms with van der Waals surface area (Å²) in [4.78, 5) is 25.1. The van der Waals surface area contributed by atoms with Gasteiger partial charge in [-0.2, -0.15) is 0 Å². The molecule has 1 aliphatic carbocycles. The number of ether oxygens (including phenoxy) is 1. The average molecular weight is 526 g/mol. The third-order valence-electron chi connectivity index (χ3n) is 7.84. The van der Waals surface area contributed by atoms with Crippen molar-refractivity contribution in [3.05, 3.63) is 0 Å². The molecule has 1 fully saturated rings. The molecule has 218 valence electrons. The fourth-order valence-electron chi connectivity index (χ4n) is 5.51. The van der Waals surface area contributed by atoms with Gasteiger partial charge in [0.1, 0.15) is 0 Å². The summed E-state index contributed by atoms with van der Waals surface area (Å²) in [6.07, 6.45) is 24.2. The van der Waals surface area contributed by atoms with Gasteiger partial charge in [0, 0.05) is 18.9 Å². The van der Waals surface area contributed by atoms with Gasteiger partial charge >= 0.3 is 11.9 Å². The van der Waals surface area contributed by atoms with Gasteiger partial charge in [0.2, 0.25) is 0 Å². The molecule has 2 unspecified atom stereocenters. The van der Waals surface area contributed by atoms with Crippen LogP contribution in [0.5, 0.6) is 0 Å². The lowest BCUT2D eigenvalue weighted by atomic mass is 9.91. The number of carboxylic acid groups (broad SMARTS) is 1. The smallest absolute Gasteiger partial charge is 0.305 e. The van der Waals surface area contributed by atoms with Gasteiger partial charge in [-0.05, 0) is 58.0 Å². The highest BCUT2D eigenvalue weighted by Gasteiger charge is 2.28. The number of aliphatic hydroxyl groups excluding tert-OH is 1. The first-order chi connectivity index (χ1) is 18.0. The molecule has 2 atom stereocenters. The summed E-state index contributed by atoms with van der Waals surface area (Å²) in [6, 6.07) is 0.298. The van der Waals surface area contributed by atoms with Gasteiger partial charge in [0.15, 0.2) is 0 Å². The molecule has 0 aliphatic heterocycles. The Hall–Kier alpha value is -1.14. The Morgan fingerprint density at radius 2 is 1.22 bits per heavy atom. The molecule has 6 nitrogen and oxygen atoms in total. The quantitative estimate of drug-likeness (QED) is 0.0940. The fourth-order valence-corrected chi connectivity index (χ4v) is 5.51. The molecule has 0 aromatic heterocycles. The zero-order valence-electron chi connectivity index (χ0n) is 24.1. The van der Waals surface area contributed by atoms with Crippen LogP contribution in [-0.4, -0.2) is 58.9 Å². The van der Waals surface area contributed by atoms with E-state index < -0.39 is 5.97 Å². The molecule has 0 saturated heterocycles. The van der Waals surface area contributed by atoms with Crippen molar-refractivity contribution in [2.45, 2.75) is 167 Å². The number of carboxylic acids is 1. The Bertz CT molecular complexity index is 556. The fraction of sp³-hybridized carbons (Fsp3) is 0.935. The van der Waals surface area contributed by atoms with Gasteiger partial charge in [-0.3, -0.25) is 14.5 Å². The Balaban J connectivity index is 2.10. The summed E-state index contributed by atoms with van der Waals surface area (Å²) in [5.41, 5.74) is 0. The highest BCUT2D eigenvalue weighted by atomic mass is 16.5. The van der Waals surface area contributed by atoms with Crippen LogP contribution in [0.25, 0.3) is 0 Å². The third kappa shape index (κ3) is 19.6. The second-order valence-electron chi connectivity index (χ2n) is 11.2. The summed E-state index contributed by atoms with van der Waals surface area (Å²) < 4.78 is 5.39. The van der Waals surface area contributed by atoms with Crippen molar-refractivity contribution in [3.8, 4) is 0 Å². The number of unbranched alkanes of at least 4 members (excludes halogenated alkanes) is 14. The number of nitrogens with zero attached hydrogens (tertiary/aromatic N) is 1. The highest BCUT2D eigenvalue weighted by Crippen LogP contribution is 2.24. The van der Waals surface area contributed by atoms with Crippen LogP contribution in [0.15, 0.2) is 0 Å². The maximum absolute atomic E-state index is 11.9. The van der Waals surface area contributed by atoms with Crippen LogP contribution < -0.4 is 0 Å². The van der Waals surface area contributed by atoms with Crippen LogP contribution in [0.3, 0.4) is 0 Å². The van der Waals surface area contributed by atoms with Crippen LogP contribution in [-0.2, 0) is 14.3 Å². The van der Waals surface area contributed by atoms with Crippen molar-refractivity contribution in [2.24, 2.45) is 0 Å². The van der Waals surface area contributed by atoms with Crippen LogP contribution >= 0.6 is 0 Å². The lowest BCUT2D eigenvalue weighted by Gasteiger charge is -2.38. The number of hydrogen-bond acceptors (Lipinski definition) is 5. The van der Waals surface area contributed by atoms with Crippen LogP contribution in [0.1, 0.15) is 155 Å². The van der Waals surface area contributed by atoms with Crippen molar-refractivity contribution in [2.75, 3.05) is 19.7 Å². The number of carbonyl (C=O) groups excluding carboxylic acids is 1. The molecule has 0 spiro atoms. The van der Waals surface area contributed by atoms with E-state index in [9.17, 15) is 14.7 Å². The van der Waals surface area contributed by atoms with Crippen molar-refractivity contribution in [1.29, 1.82) is 0 Å². The van der Waals surface area contributed by atoms with E-state index in [1.54, 1.807) is 0 Å². The van der Waals surface area contributed by atoms with Gasteiger partial charge < -0.3 is 14.9 Å². The molecule has 1 rings (SSSR count). The molecule has 0 bridgehead atoms. The lowest BCUT2D eigenvalue weighted by Crippen LogP contribution is -2.46. The molecule has 2 N–H and O–H groups in total. The molecule has 6 heteroatoms. The summed E-state index contributed by atoms with van der Waals surface area (Å²) >= 11 is 0. The number of aliphatic hydroxyl groups is 1. The van der Waals surface area contributed by atoms with Crippen molar-refractivity contribution in [3.63, 3.8) is 0 Å². The number of rotatable bonds is 25. The third-order valence-corrected chi connectivity index (χ3v) is 7.84. The predicted molar refractivity (Wildman–Crippen MR) is 152 cm³/mol. The Kier molecular flexibility index (Phi) is 21.9. The molecule has 0 amide bonds. The van der Waals surface area contributed by atoms with Crippen LogP contribution in [0, 0.1) is 0 Å². The molecule has 1 aliphatic rings. The molecule has 0 aromatic rings. The van der Waals surface area contributed by atoms with Gasteiger partial charge in [-0.1, -0.05) is 96.8 Å². The summed E-state index contributed by atoms with van der Waals surface area (Å²) in [6.45, 7) is 4.89. The molecule has 0 aromatic carbocycles. The second-order valence-corrected chi connectivity index (χ2v) is 11.2. The first-order valence-corrected chi connectivity index (χ1v) is 15.8. The molecule has 1 saturated carbocycles. The monoisotopic (exact) mass is 525 g/mol. The number of hydrogen-bond donors (Lipinski definition) is 2. The van der Waals surface area contributed by atoms with Gasteiger partial charge in [-0.25, -0.2) is 0 Å². The van der Waals surface area contributed by atoms with Crippen molar-refractivity contribution in [1.82, 2.24) is 4.90 Å². The maximum Gasteiger partial charge on any atom is 0.305 e. The Morgan fingerprint density at radius 1 is 0.703 bits per heavy atom. The van der Waals surface area contributed by atoms with Crippen molar-refractivity contribution >= 4 is 11.9 Å². The van der Waals surface area contributed by atoms with E-state index in [4.69, 9.17) is 9.84 Å². The number of esters is 1. The van der Waals surface area contributed by atoms with E-state index in [0.29, 0.717) is 19.1 Å². The van der Waals surface area contributed by atoms with E-state index in [1.165, 1.54) is 51.4 Å². The van der Waals surface area contributed by atoms with Crippen LogP contribution in [0.4, 0.5) is 0 Å². The first-order valence-electron chi connectivity index (χ1n) is 15.8. The predicted octanol–water partition coefficient (Wildman–Crippen LogP) is 7.65. The summed E-state index contributed by atoms with van der Waals surface area (Å²) in [7, 11) is 0. The molecule has 37 heavy (non-hydrogen) atoms. The summed E-state index contributed by atoms with van der Waals surface area (Å²) in [5.74, 6) is -0.734. The second kappa shape index (κ2) is 23.9. The van der Waals surface area contributed by atoms with Crippen molar-refractivity contribution < 1.29 is 24.5 Å². The minimum absolute atomic E-state index is 0.0357. The van der Waals surface area contributed by atoms with E-state index in [0.717, 1.165) is 96.6 Å². The van der Waals surface area contributed by atoms with Crippen LogP contribution in [0.2, 0.25) is 0 Å². The van der Waals surface area contributed by atoms with Gasteiger partial charge in [0.25, 0.3) is 0 Å². The molecule has 0 radical (unpaired) electrons. The zero-order valence-corrected chi connectivity index (χ0v) is 24.1. The first kappa shape index (κ1) is 33.9. The Labute approximate surface area is 227 Å². The molecular weight excluding hydrogens is 466 g/mol. The number of carbonyl (C=O) groups is 2. The summed E-state index contributed by atoms with van der Waals surface area (Å²) in [5, 5.41) is 19.3. The zero-order chi connectivity index (χ0) is 27.0. The minimum Gasteiger partial charge on any atom is -0.481 e. The maximum atomic E-state index is 11.9. The van der Waals surface area contributed by atoms with Gasteiger partial charge in [0.05, 0.1) is 12.7 Å². The van der Waals surface area contributed by atoms with Gasteiger partial charge in [-0.15, -0.1) is 0 Å². The lowest BCUT2D eigenvalue weighted by molar-refractivity contribution is -0.144. The van der Waals surface area contributed by atoms with E-state index >= 15 is 0 Å². The largest absolute Gasteiger partial charge is 0.481 e. The normalized spacial score (nSPS) is 17.8. The minimum atomic E-state index is -0.698.